The molecule has 1 unspecified atom stereocenters. The van der Waals surface area contributed by atoms with Gasteiger partial charge in [-0.1, -0.05) is 0 Å². The molecule has 0 radical (unpaired) electrons. The minimum atomic E-state index is -1.55. The SMILES string of the molecule is COCCOCCOCCOc1cc(C)c(C)cc1OCC(=O)NC(CC(=O)O)C(=O)O. The fourth-order valence-electron chi connectivity index (χ4n) is 2.42. The fraction of sp³-hybridized carbons (Fsp3) is 0.571. The number of carboxylic acid groups (broad SMARTS) is 2. The van der Waals surface area contributed by atoms with E-state index in [-0.39, 0.29) is 6.61 Å². The topological polar surface area (TPSA) is 150 Å². The number of carbonyl (C=O) groups excluding carboxylic acids is 1. The van der Waals surface area contributed by atoms with Crippen LogP contribution in [0.3, 0.4) is 0 Å². The third-order valence-electron chi connectivity index (χ3n) is 4.22. The molecule has 0 saturated carbocycles. The number of hydrogen-bond acceptors (Lipinski definition) is 8. The highest BCUT2D eigenvalue weighted by Gasteiger charge is 2.23. The first-order valence-corrected chi connectivity index (χ1v) is 9.99. The average Bonchev–Trinajstić information content (AvgIpc) is 2.72. The number of benzene rings is 1. The highest BCUT2D eigenvalue weighted by Crippen LogP contribution is 2.30. The number of amides is 1. The number of carboxylic acids is 2. The van der Waals surface area contributed by atoms with Crippen LogP contribution in [0.25, 0.3) is 0 Å². The Hall–Kier alpha value is -2.89. The van der Waals surface area contributed by atoms with Crippen LogP contribution in [0.5, 0.6) is 11.5 Å². The number of nitrogens with one attached hydrogen (secondary N) is 1. The molecule has 0 saturated heterocycles. The smallest absolute Gasteiger partial charge is 0.326 e. The van der Waals surface area contributed by atoms with Gasteiger partial charge in [-0.15, -0.1) is 0 Å². The number of aliphatic carboxylic acids is 2. The van der Waals surface area contributed by atoms with Crippen LogP contribution in [0.2, 0.25) is 0 Å². The van der Waals surface area contributed by atoms with Crippen LogP contribution in [0.4, 0.5) is 0 Å². The Morgan fingerprint density at radius 1 is 0.875 bits per heavy atom. The lowest BCUT2D eigenvalue weighted by molar-refractivity contribution is -0.147. The largest absolute Gasteiger partial charge is 0.487 e. The van der Waals surface area contributed by atoms with Gasteiger partial charge in [0.25, 0.3) is 5.91 Å². The molecule has 0 fully saturated rings. The minimum Gasteiger partial charge on any atom is -0.487 e. The molecule has 1 amide bonds. The number of ether oxygens (including phenoxy) is 5. The molecule has 0 aliphatic carbocycles. The van der Waals surface area contributed by atoms with E-state index in [9.17, 15) is 14.4 Å². The number of aryl methyl sites for hydroxylation is 2. The van der Waals surface area contributed by atoms with Crippen LogP contribution in [0.1, 0.15) is 17.5 Å². The van der Waals surface area contributed by atoms with E-state index in [2.05, 4.69) is 5.32 Å². The van der Waals surface area contributed by atoms with E-state index in [1.165, 1.54) is 0 Å². The van der Waals surface area contributed by atoms with Crippen molar-refractivity contribution in [1.29, 1.82) is 0 Å². The van der Waals surface area contributed by atoms with Gasteiger partial charge < -0.3 is 39.2 Å². The van der Waals surface area contributed by atoms with E-state index in [1.807, 2.05) is 13.8 Å². The van der Waals surface area contributed by atoms with Gasteiger partial charge in [0.1, 0.15) is 12.6 Å². The molecule has 0 spiro atoms. The van der Waals surface area contributed by atoms with Crippen molar-refractivity contribution in [3.8, 4) is 11.5 Å². The molecular formula is C21H31NO10. The molecule has 0 bridgehead atoms. The summed E-state index contributed by atoms with van der Waals surface area (Å²) in [5, 5.41) is 19.9. The Balaban J connectivity index is 2.54. The third-order valence-corrected chi connectivity index (χ3v) is 4.22. The lowest BCUT2D eigenvalue weighted by atomic mass is 10.1. The summed E-state index contributed by atoms with van der Waals surface area (Å²) in [6.07, 6.45) is -0.740. The summed E-state index contributed by atoms with van der Waals surface area (Å²) < 4.78 is 26.8. The number of methoxy groups -OCH3 is 1. The zero-order valence-electron chi connectivity index (χ0n) is 18.5. The molecule has 1 atom stereocenters. The third kappa shape index (κ3) is 10.9. The number of hydrogen-bond donors (Lipinski definition) is 3. The molecule has 11 heteroatoms. The van der Waals surface area contributed by atoms with E-state index >= 15 is 0 Å². The molecule has 0 heterocycles. The molecule has 0 aliphatic rings. The summed E-state index contributed by atoms with van der Waals surface area (Å²) in [6, 6.07) is 1.92. The summed E-state index contributed by atoms with van der Waals surface area (Å²) in [5.74, 6) is -2.84. The van der Waals surface area contributed by atoms with Crippen molar-refractivity contribution in [1.82, 2.24) is 5.32 Å². The highest BCUT2D eigenvalue weighted by molar-refractivity contribution is 5.87. The fourth-order valence-corrected chi connectivity index (χ4v) is 2.42. The van der Waals surface area contributed by atoms with Crippen molar-refractivity contribution in [2.24, 2.45) is 0 Å². The summed E-state index contributed by atoms with van der Waals surface area (Å²) >= 11 is 0. The van der Waals surface area contributed by atoms with Crippen LogP contribution in [0, 0.1) is 13.8 Å². The minimum absolute atomic E-state index is 0.239. The zero-order chi connectivity index (χ0) is 23.9. The van der Waals surface area contributed by atoms with Gasteiger partial charge in [0.05, 0.1) is 39.5 Å². The van der Waals surface area contributed by atoms with Crippen molar-refractivity contribution in [2.75, 3.05) is 53.4 Å². The van der Waals surface area contributed by atoms with E-state index in [4.69, 9.17) is 33.9 Å². The van der Waals surface area contributed by atoms with Crippen molar-refractivity contribution < 1.29 is 48.3 Å². The van der Waals surface area contributed by atoms with Gasteiger partial charge in [0.15, 0.2) is 18.1 Å². The van der Waals surface area contributed by atoms with E-state index in [0.29, 0.717) is 44.5 Å². The van der Waals surface area contributed by atoms with Crippen LogP contribution in [-0.2, 0) is 28.6 Å². The summed E-state index contributed by atoms with van der Waals surface area (Å²) in [4.78, 5) is 33.8. The van der Waals surface area contributed by atoms with Crippen molar-refractivity contribution in [2.45, 2.75) is 26.3 Å². The van der Waals surface area contributed by atoms with Crippen molar-refractivity contribution >= 4 is 17.8 Å². The number of carbonyl (C=O) groups is 3. The quantitative estimate of drug-likeness (QED) is 0.286. The second-order valence-corrected chi connectivity index (χ2v) is 6.79. The monoisotopic (exact) mass is 457 g/mol. The molecular weight excluding hydrogens is 426 g/mol. The predicted molar refractivity (Wildman–Crippen MR) is 112 cm³/mol. The van der Waals surface area contributed by atoms with Gasteiger partial charge in [-0.3, -0.25) is 9.59 Å². The Morgan fingerprint density at radius 2 is 1.41 bits per heavy atom. The maximum atomic E-state index is 12.0. The van der Waals surface area contributed by atoms with Gasteiger partial charge in [-0.25, -0.2) is 4.79 Å². The molecule has 1 aromatic rings. The standard InChI is InChI=1S/C21H31NO10/c1-14-10-17(31-9-8-30-7-6-29-5-4-28-3)18(11-15(14)2)32-13-19(23)22-16(21(26)27)12-20(24)25/h10-11,16H,4-9,12-13H2,1-3H3,(H,22,23)(H,24,25)(H,26,27). The lowest BCUT2D eigenvalue weighted by Gasteiger charge is -2.16. The number of rotatable bonds is 17. The summed E-state index contributed by atoms with van der Waals surface area (Å²) in [5.41, 5.74) is 1.86. The summed E-state index contributed by atoms with van der Waals surface area (Å²) in [6.45, 7) is 5.68. The molecule has 0 aromatic heterocycles. The molecule has 0 aliphatic heterocycles. The molecule has 11 nitrogen and oxygen atoms in total. The maximum Gasteiger partial charge on any atom is 0.326 e. The lowest BCUT2D eigenvalue weighted by Crippen LogP contribution is -2.44. The molecule has 32 heavy (non-hydrogen) atoms. The Kier molecular flexibility index (Phi) is 12.7. The van der Waals surface area contributed by atoms with E-state index in [1.54, 1.807) is 19.2 Å². The first kappa shape index (κ1) is 27.1. The van der Waals surface area contributed by atoms with Gasteiger partial charge in [0.2, 0.25) is 0 Å². The van der Waals surface area contributed by atoms with Crippen LogP contribution in [0.15, 0.2) is 12.1 Å². The Labute approximate surface area is 186 Å². The Bertz CT molecular complexity index is 752. The van der Waals surface area contributed by atoms with E-state index < -0.39 is 36.9 Å². The van der Waals surface area contributed by atoms with Crippen LogP contribution in [-0.4, -0.2) is 87.5 Å². The Morgan fingerprint density at radius 3 is 1.94 bits per heavy atom. The molecule has 1 aromatic carbocycles. The first-order chi connectivity index (χ1) is 15.2. The highest BCUT2D eigenvalue weighted by atomic mass is 16.6. The van der Waals surface area contributed by atoms with Crippen molar-refractivity contribution in [3.63, 3.8) is 0 Å². The van der Waals surface area contributed by atoms with Crippen LogP contribution >= 0.6 is 0 Å². The van der Waals surface area contributed by atoms with Gasteiger partial charge >= 0.3 is 11.9 Å². The second-order valence-electron chi connectivity index (χ2n) is 6.79. The molecule has 1 rings (SSSR count). The normalized spacial score (nSPS) is 11.6. The van der Waals surface area contributed by atoms with Gasteiger partial charge in [-0.2, -0.15) is 0 Å². The van der Waals surface area contributed by atoms with Crippen molar-refractivity contribution in [3.05, 3.63) is 23.3 Å². The predicted octanol–water partition coefficient (Wildman–Crippen LogP) is 0.785. The first-order valence-electron chi connectivity index (χ1n) is 9.99. The van der Waals surface area contributed by atoms with E-state index in [0.717, 1.165) is 11.1 Å². The molecule has 3 N–H and O–H groups in total. The second kappa shape index (κ2) is 15.0. The average molecular weight is 457 g/mol. The maximum absolute atomic E-state index is 12.0. The zero-order valence-corrected chi connectivity index (χ0v) is 18.5. The van der Waals surface area contributed by atoms with Crippen LogP contribution < -0.4 is 14.8 Å². The summed E-state index contributed by atoms with van der Waals surface area (Å²) in [7, 11) is 1.60. The van der Waals surface area contributed by atoms with Gasteiger partial charge in [-0.05, 0) is 37.1 Å². The molecule has 180 valence electrons. The van der Waals surface area contributed by atoms with Gasteiger partial charge in [0, 0.05) is 7.11 Å².